The lowest BCUT2D eigenvalue weighted by atomic mass is 9.91. The highest BCUT2D eigenvalue weighted by Crippen LogP contribution is 2.28. The van der Waals surface area contributed by atoms with Gasteiger partial charge in [0.2, 0.25) is 11.8 Å². The second-order valence-electron chi connectivity index (χ2n) is 7.37. The Morgan fingerprint density at radius 3 is 2.83 bits per heavy atom. The molecular weight excluding hydrogens is 372 g/mol. The first-order valence-electron chi connectivity index (χ1n) is 9.94. The highest BCUT2D eigenvalue weighted by molar-refractivity contribution is 5.93. The van der Waals surface area contributed by atoms with Gasteiger partial charge in [-0.3, -0.25) is 14.6 Å². The van der Waals surface area contributed by atoms with Gasteiger partial charge in [-0.1, -0.05) is 24.3 Å². The fourth-order valence-corrected chi connectivity index (χ4v) is 3.79. The summed E-state index contributed by atoms with van der Waals surface area (Å²) in [5.41, 5.74) is 12.7. The molecule has 9 heteroatoms. The molecule has 9 nitrogen and oxygen atoms in total. The molecule has 29 heavy (non-hydrogen) atoms. The molecule has 3 atom stereocenters. The number of nitrogens with two attached hydrogens (primary N) is 2. The van der Waals surface area contributed by atoms with Gasteiger partial charge in [-0.2, -0.15) is 0 Å². The largest absolute Gasteiger partial charge is 0.370 e. The zero-order valence-corrected chi connectivity index (χ0v) is 16.3. The topological polar surface area (TPSA) is 143 Å². The van der Waals surface area contributed by atoms with Crippen LogP contribution in [0.4, 0.5) is 0 Å². The van der Waals surface area contributed by atoms with Crippen LogP contribution in [0, 0.1) is 0 Å². The van der Waals surface area contributed by atoms with E-state index in [0.29, 0.717) is 38.6 Å². The SMILES string of the molecule is NC(N)=NCCCC(C=O)NC(=O)C1CCN1C(=O)C1NCCc2ccccc21. The first-order chi connectivity index (χ1) is 14.0. The highest BCUT2D eigenvalue weighted by atomic mass is 16.2. The second kappa shape index (κ2) is 9.51. The number of hydrogen-bond acceptors (Lipinski definition) is 5. The molecule has 3 unspecified atom stereocenters. The Labute approximate surface area is 169 Å². The molecule has 0 bridgehead atoms. The van der Waals surface area contributed by atoms with Gasteiger partial charge < -0.3 is 31.8 Å². The Kier molecular flexibility index (Phi) is 6.82. The number of rotatable bonds is 8. The smallest absolute Gasteiger partial charge is 0.245 e. The summed E-state index contributed by atoms with van der Waals surface area (Å²) in [6.45, 7) is 1.65. The number of fused-ring (bicyclic) bond motifs is 1. The minimum atomic E-state index is -0.622. The normalized spacial score (nSPS) is 21.3. The fraction of sp³-hybridized carbons (Fsp3) is 0.500. The maximum atomic E-state index is 13.1. The van der Waals surface area contributed by atoms with Crippen LogP contribution >= 0.6 is 0 Å². The van der Waals surface area contributed by atoms with Crippen molar-refractivity contribution in [2.75, 3.05) is 19.6 Å². The Morgan fingerprint density at radius 1 is 1.34 bits per heavy atom. The van der Waals surface area contributed by atoms with Crippen molar-refractivity contribution < 1.29 is 14.4 Å². The Balaban J connectivity index is 1.57. The predicted molar refractivity (Wildman–Crippen MR) is 109 cm³/mol. The quantitative estimate of drug-likeness (QED) is 0.195. The van der Waals surface area contributed by atoms with Crippen molar-refractivity contribution >= 4 is 24.1 Å². The van der Waals surface area contributed by atoms with Crippen molar-refractivity contribution in [3.8, 4) is 0 Å². The van der Waals surface area contributed by atoms with Crippen LogP contribution in [0.25, 0.3) is 0 Å². The van der Waals surface area contributed by atoms with E-state index in [1.807, 2.05) is 24.3 Å². The van der Waals surface area contributed by atoms with Crippen molar-refractivity contribution in [3.63, 3.8) is 0 Å². The molecule has 0 spiro atoms. The molecule has 0 radical (unpaired) electrons. The van der Waals surface area contributed by atoms with E-state index >= 15 is 0 Å². The van der Waals surface area contributed by atoms with Crippen LogP contribution < -0.4 is 22.1 Å². The minimum absolute atomic E-state index is 0.00166. The van der Waals surface area contributed by atoms with Crippen molar-refractivity contribution in [1.82, 2.24) is 15.5 Å². The van der Waals surface area contributed by atoms with E-state index in [0.717, 1.165) is 24.1 Å². The number of likely N-dealkylation sites (tertiary alicyclic amines) is 1. The summed E-state index contributed by atoms with van der Waals surface area (Å²) in [6, 6.07) is 6.28. The van der Waals surface area contributed by atoms with Gasteiger partial charge in [-0.05, 0) is 36.8 Å². The van der Waals surface area contributed by atoms with Crippen LogP contribution in [-0.4, -0.2) is 60.7 Å². The molecule has 0 aromatic heterocycles. The lowest BCUT2D eigenvalue weighted by Crippen LogP contribution is -2.61. The molecule has 2 heterocycles. The maximum Gasteiger partial charge on any atom is 0.245 e. The number of aliphatic imine (C=N–C) groups is 1. The van der Waals surface area contributed by atoms with Crippen molar-refractivity contribution in [1.29, 1.82) is 0 Å². The molecular formula is C20H28N6O3. The number of nitrogens with one attached hydrogen (secondary N) is 2. The van der Waals surface area contributed by atoms with Crippen LogP contribution in [0.3, 0.4) is 0 Å². The number of carbonyl (C=O) groups excluding carboxylic acids is 3. The number of hydrogen-bond donors (Lipinski definition) is 4. The van der Waals surface area contributed by atoms with Gasteiger partial charge >= 0.3 is 0 Å². The van der Waals surface area contributed by atoms with Gasteiger partial charge in [-0.15, -0.1) is 0 Å². The Hall–Kier alpha value is -2.94. The molecule has 0 aliphatic carbocycles. The molecule has 3 rings (SSSR count). The van der Waals surface area contributed by atoms with Gasteiger partial charge in [-0.25, -0.2) is 0 Å². The lowest BCUT2D eigenvalue weighted by Gasteiger charge is -2.42. The second-order valence-corrected chi connectivity index (χ2v) is 7.37. The summed E-state index contributed by atoms with van der Waals surface area (Å²) in [7, 11) is 0. The fourth-order valence-electron chi connectivity index (χ4n) is 3.79. The van der Waals surface area contributed by atoms with Crippen molar-refractivity contribution in [2.45, 2.75) is 43.8 Å². The van der Waals surface area contributed by atoms with E-state index < -0.39 is 18.1 Å². The lowest BCUT2D eigenvalue weighted by molar-refractivity contribution is -0.149. The van der Waals surface area contributed by atoms with E-state index in [4.69, 9.17) is 11.5 Å². The Morgan fingerprint density at radius 2 is 2.14 bits per heavy atom. The van der Waals surface area contributed by atoms with Crippen LogP contribution in [0.5, 0.6) is 0 Å². The van der Waals surface area contributed by atoms with Gasteiger partial charge in [0, 0.05) is 19.6 Å². The van der Waals surface area contributed by atoms with Crippen LogP contribution in [-0.2, 0) is 20.8 Å². The average molecular weight is 400 g/mol. The first kappa shape index (κ1) is 20.8. The molecule has 156 valence electrons. The van der Waals surface area contributed by atoms with Gasteiger partial charge in [0.05, 0.1) is 6.04 Å². The van der Waals surface area contributed by atoms with Crippen molar-refractivity contribution in [3.05, 3.63) is 35.4 Å². The number of aldehydes is 1. The zero-order valence-electron chi connectivity index (χ0n) is 16.3. The van der Waals surface area contributed by atoms with E-state index in [9.17, 15) is 14.4 Å². The molecule has 6 N–H and O–H groups in total. The first-order valence-corrected chi connectivity index (χ1v) is 9.94. The maximum absolute atomic E-state index is 13.1. The number of nitrogens with zero attached hydrogens (tertiary/aromatic N) is 2. The average Bonchev–Trinajstić information content (AvgIpc) is 2.68. The minimum Gasteiger partial charge on any atom is -0.370 e. The van der Waals surface area contributed by atoms with Gasteiger partial charge in [0.1, 0.15) is 18.4 Å². The van der Waals surface area contributed by atoms with Crippen LogP contribution in [0.2, 0.25) is 0 Å². The van der Waals surface area contributed by atoms with E-state index in [1.54, 1.807) is 4.90 Å². The predicted octanol–water partition coefficient (Wildman–Crippen LogP) is -0.788. The molecule has 2 aliphatic rings. The van der Waals surface area contributed by atoms with E-state index in [2.05, 4.69) is 15.6 Å². The number of benzene rings is 1. The van der Waals surface area contributed by atoms with Crippen molar-refractivity contribution in [2.24, 2.45) is 16.5 Å². The van der Waals surface area contributed by atoms with Gasteiger partial charge in [0.15, 0.2) is 5.96 Å². The molecule has 1 aromatic carbocycles. The molecule has 1 fully saturated rings. The van der Waals surface area contributed by atoms with Gasteiger partial charge in [0.25, 0.3) is 0 Å². The summed E-state index contributed by atoms with van der Waals surface area (Å²) >= 11 is 0. The van der Waals surface area contributed by atoms with E-state index in [1.165, 1.54) is 0 Å². The summed E-state index contributed by atoms with van der Waals surface area (Å²) in [5.74, 6) is -0.398. The number of guanidine groups is 1. The third-order valence-corrected chi connectivity index (χ3v) is 5.42. The number of carbonyl (C=O) groups is 3. The standard InChI is InChI=1S/C20H28N6O3/c21-20(22)24-9-3-5-14(12-27)25-18(28)16-8-11-26(16)19(29)17-15-6-2-1-4-13(15)7-10-23-17/h1-2,4,6,12,14,16-17,23H,3,5,7-11H2,(H,25,28)(H4,21,22,24). The molecule has 1 saturated heterocycles. The summed E-state index contributed by atoms with van der Waals surface area (Å²) < 4.78 is 0. The zero-order chi connectivity index (χ0) is 20.8. The van der Waals surface area contributed by atoms with Crippen LogP contribution in [0.1, 0.15) is 36.4 Å². The molecule has 1 aromatic rings. The summed E-state index contributed by atoms with van der Waals surface area (Å²) in [4.78, 5) is 42.5. The van der Waals surface area contributed by atoms with E-state index in [-0.39, 0.29) is 17.8 Å². The molecule has 0 saturated carbocycles. The van der Waals surface area contributed by atoms with Crippen LogP contribution in [0.15, 0.2) is 29.3 Å². The molecule has 2 amide bonds. The third kappa shape index (κ3) is 4.92. The monoisotopic (exact) mass is 400 g/mol. The summed E-state index contributed by atoms with van der Waals surface area (Å²) in [5, 5.41) is 6.00. The Bertz CT molecular complexity index is 792. The summed E-state index contributed by atoms with van der Waals surface area (Å²) in [6.07, 6.45) is 3.18. The molecule has 2 aliphatic heterocycles. The highest BCUT2D eigenvalue weighted by Gasteiger charge is 2.41. The number of amides is 2. The third-order valence-electron chi connectivity index (χ3n) is 5.42.